The molecule has 100 valence electrons. The fourth-order valence-corrected chi connectivity index (χ4v) is 2.39. The van der Waals surface area contributed by atoms with Crippen molar-refractivity contribution in [2.24, 2.45) is 0 Å². The molecule has 0 unspecified atom stereocenters. The molecule has 1 heterocycles. The molecule has 3 N–H and O–H groups in total. The van der Waals surface area contributed by atoms with Crippen LogP contribution in [0.4, 0.5) is 5.82 Å². The number of H-pyrrole nitrogens is 1. The maximum absolute atomic E-state index is 11.5. The Labute approximate surface area is 112 Å². The lowest BCUT2D eigenvalue weighted by Gasteiger charge is -2.16. The average Bonchev–Trinajstić information content (AvgIpc) is 2.33. The van der Waals surface area contributed by atoms with Crippen molar-refractivity contribution in [3.05, 3.63) is 45.2 Å². The number of ether oxygens (including phenoxy) is 1. The van der Waals surface area contributed by atoms with E-state index in [1.54, 1.807) is 19.2 Å². The van der Waals surface area contributed by atoms with Gasteiger partial charge in [-0.1, -0.05) is 0 Å². The minimum Gasteiger partial charge on any atom is -0.496 e. The van der Waals surface area contributed by atoms with Gasteiger partial charge in [0.05, 0.1) is 7.11 Å². The van der Waals surface area contributed by atoms with E-state index >= 15 is 0 Å². The van der Waals surface area contributed by atoms with Gasteiger partial charge in [-0.3, -0.25) is 4.79 Å². The number of aryl methyl sites for hydroxylation is 1. The maximum Gasteiger partial charge on any atom is 0.250 e. The molecular weight excluding hydrogens is 240 g/mol. The lowest BCUT2D eigenvalue weighted by molar-refractivity contribution is 0.408. The van der Waals surface area contributed by atoms with Gasteiger partial charge in [-0.25, -0.2) is 0 Å². The Morgan fingerprint density at radius 3 is 2.37 bits per heavy atom. The van der Waals surface area contributed by atoms with Gasteiger partial charge in [0.15, 0.2) is 0 Å². The number of nitrogens with one attached hydrogen (secondary N) is 1. The van der Waals surface area contributed by atoms with Crippen LogP contribution in [0.1, 0.15) is 16.7 Å². The van der Waals surface area contributed by atoms with Crippen molar-refractivity contribution in [3.63, 3.8) is 0 Å². The Morgan fingerprint density at radius 2 is 1.79 bits per heavy atom. The molecule has 0 atom stereocenters. The molecule has 1 aromatic heterocycles. The van der Waals surface area contributed by atoms with Gasteiger partial charge in [-0.2, -0.15) is 0 Å². The van der Waals surface area contributed by atoms with Crippen LogP contribution in [0.25, 0.3) is 11.1 Å². The monoisotopic (exact) mass is 258 g/mol. The second-order valence-electron chi connectivity index (χ2n) is 4.71. The van der Waals surface area contributed by atoms with E-state index in [1.165, 1.54) is 0 Å². The first-order chi connectivity index (χ1) is 8.93. The molecule has 0 radical (unpaired) electrons. The van der Waals surface area contributed by atoms with Crippen molar-refractivity contribution in [2.45, 2.75) is 20.8 Å². The molecule has 2 aromatic rings. The molecule has 0 saturated heterocycles. The van der Waals surface area contributed by atoms with Crippen LogP contribution in [-0.4, -0.2) is 12.1 Å². The molecule has 2 rings (SSSR count). The van der Waals surface area contributed by atoms with E-state index in [4.69, 9.17) is 10.5 Å². The Hall–Kier alpha value is -2.23. The number of hydrogen-bond acceptors (Lipinski definition) is 3. The van der Waals surface area contributed by atoms with E-state index in [2.05, 4.69) is 4.98 Å². The summed E-state index contributed by atoms with van der Waals surface area (Å²) < 4.78 is 5.40. The quantitative estimate of drug-likeness (QED) is 0.869. The number of methoxy groups -OCH3 is 1. The first kappa shape index (κ1) is 13.2. The van der Waals surface area contributed by atoms with E-state index < -0.39 is 0 Å². The van der Waals surface area contributed by atoms with E-state index in [-0.39, 0.29) is 5.56 Å². The third-order valence-electron chi connectivity index (χ3n) is 3.41. The fourth-order valence-electron chi connectivity index (χ4n) is 2.39. The third kappa shape index (κ3) is 2.34. The van der Waals surface area contributed by atoms with Crippen molar-refractivity contribution < 1.29 is 4.74 Å². The summed E-state index contributed by atoms with van der Waals surface area (Å²) in [6, 6.07) is 5.36. The molecule has 0 spiro atoms. The standard InChI is InChI=1S/C15H18N2O2/c1-8-5-12(9(2)10(3)15(8)19-4)11-6-13(16)17-14(18)7-11/h5-7H,1-4H3,(H3,16,17,18). The molecule has 19 heavy (non-hydrogen) atoms. The molecule has 1 aromatic carbocycles. The Balaban J connectivity index is 2.73. The number of aromatic nitrogens is 1. The highest BCUT2D eigenvalue weighted by atomic mass is 16.5. The minimum absolute atomic E-state index is 0.194. The summed E-state index contributed by atoms with van der Waals surface area (Å²) in [4.78, 5) is 14.1. The second kappa shape index (κ2) is 4.80. The van der Waals surface area contributed by atoms with Crippen molar-refractivity contribution in [1.82, 2.24) is 4.98 Å². The van der Waals surface area contributed by atoms with Crippen LogP contribution < -0.4 is 16.0 Å². The molecule has 0 fully saturated rings. The summed E-state index contributed by atoms with van der Waals surface area (Å²) in [7, 11) is 1.67. The first-order valence-corrected chi connectivity index (χ1v) is 6.09. The van der Waals surface area contributed by atoms with E-state index in [0.29, 0.717) is 5.82 Å². The Kier molecular flexibility index (Phi) is 3.34. The van der Waals surface area contributed by atoms with Crippen molar-refractivity contribution >= 4 is 5.82 Å². The number of rotatable bonds is 2. The van der Waals surface area contributed by atoms with Gasteiger partial charge in [-0.05, 0) is 60.7 Å². The lowest BCUT2D eigenvalue weighted by atomic mass is 9.94. The third-order valence-corrected chi connectivity index (χ3v) is 3.41. The van der Waals surface area contributed by atoms with E-state index in [9.17, 15) is 4.79 Å². The summed E-state index contributed by atoms with van der Waals surface area (Å²) in [6.45, 7) is 6.02. The van der Waals surface area contributed by atoms with Gasteiger partial charge in [0.2, 0.25) is 5.56 Å². The van der Waals surface area contributed by atoms with E-state index in [0.717, 1.165) is 33.6 Å². The fraction of sp³-hybridized carbons (Fsp3) is 0.267. The van der Waals surface area contributed by atoms with Crippen LogP contribution in [0.2, 0.25) is 0 Å². The highest BCUT2D eigenvalue weighted by molar-refractivity contribution is 5.73. The van der Waals surface area contributed by atoms with Crippen LogP contribution in [0, 0.1) is 20.8 Å². The number of benzene rings is 1. The van der Waals surface area contributed by atoms with Crippen molar-refractivity contribution in [3.8, 4) is 16.9 Å². The van der Waals surface area contributed by atoms with Crippen molar-refractivity contribution in [2.75, 3.05) is 12.8 Å². The Morgan fingerprint density at radius 1 is 1.11 bits per heavy atom. The molecule has 0 aliphatic carbocycles. The van der Waals surface area contributed by atoms with Crippen LogP contribution in [0.5, 0.6) is 5.75 Å². The predicted molar refractivity (Wildman–Crippen MR) is 77.7 cm³/mol. The van der Waals surface area contributed by atoms with Gasteiger partial charge < -0.3 is 15.5 Å². The van der Waals surface area contributed by atoms with Crippen LogP contribution >= 0.6 is 0 Å². The van der Waals surface area contributed by atoms with Gasteiger partial charge in [0, 0.05) is 6.07 Å². The van der Waals surface area contributed by atoms with E-state index in [1.807, 2.05) is 26.8 Å². The molecule has 0 bridgehead atoms. The number of nitrogens with two attached hydrogens (primary N) is 1. The van der Waals surface area contributed by atoms with Crippen molar-refractivity contribution in [1.29, 1.82) is 0 Å². The smallest absolute Gasteiger partial charge is 0.250 e. The van der Waals surface area contributed by atoms with Gasteiger partial charge >= 0.3 is 0 Å². The number of pyridine rings is 1. The zero-order valence-electron chi connectivity index (χ0n) is 11.6. The predicted octanol–water partition coefficient (Wildman–Crippen LogP) is 2.56. The van der Waals surface area contributed by atoms with Gasteiger partial charge in [0.1, 0.15) is 11.6 Å². The SMILES string of the molecule is COc1c(C)cc(-c2cc(N)[nH]c(=O)c2)c(C)c1C. The zero-order valence-corrected chi connectivity index (χ0v) is 11.6. The molecule has 0 aliphatic heterocycles. The molecular formula is C15H18N2O2. The maximum atomic E-state index is 11.5. The second-order valence-corrected chi connectivity index (χ2v) is 4.71. The molecule has 0 saturated carbocycles. The highest BCUT2D eigenvalue weighted by Crippen LogP contribution is 2.33. The van der Waals surface area contributed by atoms with Crippen LogP contribution in [0.15, 0.2) is 23.0 Å². The molecule has 0 aliphatic rings. The number of hydrogen-bond donors (Lipinski definition) is 2. The minimum atomic E-state index is -0.194. The highest BCUT2D eigenvalue weighted by Gasteiger charge is 2.12. The Bertz CT molecular complexity index is 687. The van der Waals surface area contributed by atoms with Crippen LogP contribution in [0.3, 0.4) is 0 Å². The topological polar surface area (TPSA) is 68.1 Å². The summed E-state index contributed by atoms with van der Waals surface area (Å²) in [5, 5.41) is 0. The van der Waals surface area contributed by atoms with Gasteiger partial charge in [-0.15, -0.1) is 0 Å². The summed E-state index contributed by atoms with van der Waals surface area (Å²) >= 11 is 0. The average molecular weight is 258 g/mol. The molecule has 4 nitrogen and oxygen atoms in total. The van der Waals surface area contributed by atoms with Gasteiger partial charge in [0.25, 0.3) is 0 Å². The molecule has 0 amide bonds. The normalized spacial score (nSPS) is 10.5. The number of anilines is 1. The number of nitrogen functional groups attached to an aromatic ring is 1. The first-order valence-electron chi connectivity index (χ1n) is 6.09. The largest absolute Gasteiger partial charge is 0.496 e. The summed E-state index contributed by atoms with van der Waals surface area (Å²) in [5.41, 5.74) is 10.6. The lowest BCUT2D eigenvalue weighted by Crippen LogP contribution is -2.08. The number of aromatic amines is 1. The summed E-state index contributed by atoms with van der Waals surface area (Å²) in [6.07, 6.45) is 0. The summed E-state index contributed by atoms with van der Waals surface area (Å²) in [5.74, 6) is 1.26. The van der Waals surface area contributed by atoms with Crippen LogP contribution in [-0.2, 0) is 0 Å². The molecule has 4 heteroatoms. The zero-order chi connectivity index (χ0) is 14.2.